The highest BCUT2D eigenvalue weighted by Gasteiger charge is 2.72. The maximum atomic E-state index is 12.7. The molecule has 0 spiro atoms. The number of aliphatic hydroxyl groups is 2. The first-order valence-corrected chi connectivity index (χ1v) is 12.1. The lowest BCUT2D eigenvalue weighted by Crippen LogP contribution is -2.53. The molecule has 0 aromatic heterocycles. The summed E-state index contributed by atoms with van der Waals surface area (Å²) in [6.07, 6.45) is -22.0. The van der Waals surface area contributed by atoms with Gasteiger partial charge in [0.05, 0.1) is 0 Å². The SMILES string of the molecule is CCC(C)(C)c1ccc(C(O)(C(F)(F)F)C(F)(F)F)cc1.CCC(C)c1ccc(C(O)(C(F)(F)F)C(F)(F)F)cc1. The van der Waals surface area contributed by atoms with Crippen molar-refractivity contribution < 1.29 is 62.9 Å². The van der Waals surface area contributed by atoms with Gasteiger partial charge in [0.1, 0.15) is 0 Å². The average Bonchev–Trinajstić information content (AvgIpc) is 2.85. The second kappa shape index (κ2) is 12.0. The zero-order valence-electron chi connectivity index (χ0n) is 22.5. The van der Waals surface area contributed by atoms with Gasteiger partial charge >= 0.3 is 24.7 Å². The number of hydrogen-bond acceptors (Lipinski definition) is 2. The third kappa shape index (κ3) is 7.30. The van der Waals surface area contributed by atoms with E-state index < -0.39 is 47.0 Å². The predicted molar refractivity (Wildman–Crippen MR) is 127 cm³/mol. The molecule has 234 valence electrons. The van der Waals surface area contributed by atoms with Crippen LogP contribution >= 0.6 is 0 Å². The van der Waals surface area contributed by atoms with Crippen molar-refractivity contribution in [3.63, 3.8) is 0 Å². The molecule has 0 aliphatic heterocycles. The number of halogens is 12. The highest BCUT2D eigenvalue weighted by atomic mass is 19.4. The van der Waals surface area contributed by atoms with Gasteiger partial charge in [0.15, 0.2) is 0 Å². The number of alkyl halides is 12. The molecular formula is C27H30F12O2. The Bertz CT molecular complexity index is 1080. The van der Waals surface area contributed by atoms with Gasteiger partial charge in [-0.1, -0.05) is 83.1 Å². The van der Waals surface area contributed by atoms with Crippen molar-refractivity contribution in [3.05, 3.63) is 70.8 Å². The molecule has 0 bridgehead atoms. The van der Waals surface area contributed by atoms with Crippen LogP contribution in [0.1, 0.15) is 75.6 Å². The normalized spacial score (nSPS) is 14.8. The zero-order valence-corrected chi connectivity index (χ0v) is 22.5. The Morgan fingerprint density at radius 2 is 0.805 bits per heavy atom. The lowest BCUT2D eigenvalue weighted by atomic mass is 9.81. The number of rotatable bonds is 6. The van der Waals surface area contributed by atoms with Crippen LogP contribution in [0.4, 0.5) is 52.7 Å². The maximum Gasteiger partial charge on any atom is 0.430 e. The van der Waals surface area contributed by atoms with E-state index in [0.29, 0.717) is 48.2 Å². The molecule has 2 rings (SSSR count). The summed E-state index contributed by atoms with van der Waals surface area (Å²) in [5.41, 5.74) is -11.4. The van der Waals surface area contributed by atoms with E-state index in [1.54, 1.807) is 6.92 Å². The summed E-state index contributed by atoms with van der Waals surface area (Å²) in [4.78, 5) is 0. The van der Waals surface area contributed by atoms with Crippen molar-refractivity contribution in [1.29, 1.82) is 0 Å². The smallest absolute Gasteiger partial charge is 0.369 e. The fourth-order valence-electron chi connectivity index (χ4n) is 3.63. The minimum absolute atomic E-state index is 0.00826. The Morgan fingerprint density at radius 1 is 0.537 bits per heavy atom. The molecule has 2 aromatic rings. The Labute approximate surface area is 229 Å². The Hall–Kier alpha value is -2.48. The first-order chi connectivity index (χ1) is 18.2. The minimum atomic E-state index is -5.85. The van der Waals surface area contributed by atoms with Crippen LogP contribution in [0.15, 0.2) is 48.5 Å². The van der Waals surface area contributed by atoms with E-state index in [2.05, 4.69) is 0 Å². The van der Waals surface area contributed by atoms with Crippen molar-refractivity contribution in [1.82, 2.24) is 0 Å². The van der Waals surface area contributed by atoms with Crippen LogP contribution in [0, 0.1) is 0 Å². The summed E-state index contributed by atoms with van der Waals surface area (Å²) in [5.74, 6) is 0.00826. The molecule has 2 aromatic carbocycles. The van der Waals surface area contributed by atoms with Gasteiger partial charge in [-0.05, 0) is 35.3 Å². The largest absolute Gasteiger partial charge is 0.430 e. The highest BCUT2D eigenvalue weighted by molar-refractivity contribution is 5.34. The van der Waals surface area contributed by atoms with Gasteiger partial charge in [-0.25, -0.2) is 0 Å². The summed E-state index contributed by atoms with van der Waals surface area (Å²) in [6, 6.07) is 7.40. The van der Waals surface area contributed by atoms with Crippen molar-refractivity contribution in [2.75, 3.05) is 0 Å². The van der Waals surface area contributed by atoms with Gasteiger partial charge in [0.2, 0.25) is 0 Å². The molecule has 0 heterocycles. The Balaban J connectivity index is 0.000000410. The second-order valence-electron chi connectivity index (χ2n) is 10.2. The second-order valence-corrected chi connectivity index (χ2v) is 10.2. The summed E-state index contributed by atoms with van der Waals surface area (Å²) < 4.78 is 152. The van der Waals surface area contributed by atoms with Crippen molar-refractivity contribution in [3.8, 4) is 0 Å². The van der Waals surface area contributed by atoms with E-state index in [1.807, 2.05) is 27.7 Å². The van der Waals surface area contributed by atoms with Gasteiger partial charge in [-0.2, -0.15) is 52.7 Å². The van der Waals surface area contributed by atoms with Gasteiger partial charge in [0, 0.05) is 11.1 Å². The van der Waals surface area contributed by atoms with E-state index in [0.717, 1.165) is 0 Å². The topological polar surface area (TPSA) is 40.5 Å². The number of benzene rings is 2. The molecule has 0 aliphatic rings. The third-order valence-corrected chi connectivity index (χ3v) is 7.12. The van der Waals surface area contributed by atoms with E-state index in [4.69, 9.17) is 0 Å². The van der Waals surface area contributed by atoms with Crippen LogP contribution in [0.2, 0.25) is 0 Å². The molecule has 2 N–H and O–H groups in total. The molecular weight excluding hydrogens is 584 g/mol. The summed E-state index contributed by atoms with van der Waals surface area (Å²) in [6.45, 7) is 9.15. The maximum absolute atomic E-state index is 12.7. The first-order valence-electron chi connectivity index (χ1n) is 12.1. The fourth-order valence-corrected chi connectivity index (χ4v) is 3.63. The first kappa shape index (κ1) is 36.5. The molecule has 0 saturated carbocycles. The number of hydrogen-bond donors (Lipinski definition) is 2. The third-order valence-electron chi connectivity index (χ3n) is 7.12. The van der Waals surface area contributed by atoms with Crippen molar-refractivity contribution >= 4 is 0 Å². The lowest BCUT2D eigenvalue weighted by Gasteiger charge is -2.33. The fraction of sp³-hybridized carbons (Fsp3) is 0.556. The monoisotopic (exact) mass is 614 g/mol. The van der Waals surface area contributed by atoms with Crippen molar-refractivity contribution in [2.24, 2.45) is 0 Å². The van der Waals surface area contributed by atoms with Crippen LogP contribution in [0.25, 0.3) is 0 Å². The van der Waals surface area contributed by atoms with Crippen LogP contribution in [0.3, 0.4) is 0 Å². The molecule has 0 amide bonds. The quantitative estimate of drug-likeness (QED) is 0.319. The zero-order chi connectivity index (χ0) is 32.5. The molecule has 0 aliphatic carbocycles. The summed E-state index contributed by atoms with van der Waals surface area (Å²) >= 11 is 0. The summed E-state index contributed by atoms with van der Waals surface area (Å²) in [7, 11) is 0. The van der Waals surface area contributed by atoms with Crippen LogP contribution in [-0.4, -0.2) is 34.9 Å². The minimum Gasteiger partial charge on any atom is -0.369 e. The predicted octanol–water partition coefficient (Wildman–Crippen LogP) is 9.20. The van der Waals surface area contributed by atoms with Gasteiger partial charge in [-0.15, -0.1) is 0 Å². The van der Waals surface area contributed by atoms with Gasteiger partial charge in [0.25, 0.3) is 11.2 Å². The van der Waals surface area contributed by atoms with Crippen molar-refractivity contribution in [2.45, 2.75) is 94.7 Å². The van der Waals surface area contributed by atoms with Gasteiger partial charge < -0.3 is 10.2 Å². The molecule has 0 saturated heterocycles. The summed E-state index contributed by atoms with van der Waals surface area (Å²) in [5, 5.41) is 18.4. The van der Waals surface area contributed by atoms with Crippen LogP contribution in [0.5, 0.6) is 0 Å². The molecule has 14 heteroatoms. The van der Waals surface area contributed by atoms with Crippen LogP contribution < -0.4 is 0 Å². The van der Waals surface area contributed by atoms with Gasteiger partial charge in [-0.3, -0.25) is 0 Å². The lowest BCUT2D eigenvalue weighted by molar-refractivity contribution is -0.376. The Morgan fingerprint density at radius 3 is 1.05 bits per heavy atom. The highest BCUT2D eigenvalue weighted by Crippen LogP contribution is 2.51. The Kier molecular flexibility index (Phi) is 10.7. The average molecular weight is 615 g/mol. The van der Waals surface area contributed by atoms with E-state index >= 15 is 0 Å². The molecule has 1 atom stereocenters. The van der Waals surface area contributed by atoms with E-state index in [-0.39, 0.29) is 11.3 Å². The molecule has 0 radical (unpaired) electrons. The molecule has 0 fully saturated rings. The standard InChI is InChI=1S/C14H16F6O.C13H14F6O/c1-4-11(2,3)9-5-7-10(8-6-9)12(21,13(15,16)17)14(18,19)20;1-3-8(2)9-4-6-10(7-5-9)11(20,12(14,15)16)13(17,18)19/h5-8,21H,4H2,1-3H3;4-8,20H,3H2,1-2H3. The van der Waals surface area contributed by atoms with E-state index in [9.17, 15) is 62.9 Å². The molecule has 1 unspecified atom stereocenters. The van der Waals surface area contributed by atoms with Crippen LogP contribution in [-0.2, 0) is 16.6 Å². The van der Waals surface area contributed by atoms with E-state index in [1.165, 1.54) is 24.3 Å². The molecule has 41 heavy (non-hydrogen) atoms. The molecule has 2 nitrogen and oxygen atoms in total.